The standard InChI is InChI=1S/C22H22BrN5O3S/c1-31-11-19-22(30)27(10-14-2-4-17-18(8-14)25-13-26-21(17)24)6-7-28(19)20(29)5-3-16-9-15(23)12-32-16/h2-5,8-9,12-13,19H,6-7,10-11H2,1H3,(H2,24,25,26)/b5-3+. The largest absolute Gasteiger partial charge is 0.383 e. The second-order valence-electron chi connectivity index (χ2n) is 7.37. The minimum Gasteiger partial charge on any atom is -0.383 e. The van der Waals surface area contributed by atoms with E-state index < -0.39 is 6.04 Å². The molecule has 2 N–H and O–H groups in total. The van der Waals surface area contributed by atoms with Gasteiger partial charge in [-0.15, -0.1) is 11.3 Å². The van der Waals surface area contributed by atoms with Crippen molar-refractivity contribution < 1.29 is 14.3 Å². The molecule has 3 aromatic rings. The van der Waals surface area contributed by atoms with Crippen LogP contribution in [0.4, 0.5) is 5.82 Å². The fourth-order valence-electron chi connectivity index (χ4n) is 3.69. The number of nitrogens with zero attached hydrogens (tertiary/aromatic N) is 4. The van der Waals surface area contributed by atoms with E-state index in [2.05, 4.69) is 25.9 Å². The molecule has 0 bridgehead atoms. The number of nitrogen functional groups attached to an aromatic ring is 1. The Hall–Kier alpha value is -2.82. The molecular formula is C22H22BrN5O3S. The van der Waals surface area contributed by atoms with Crippen molar-refractivity contribution in [1.29, 1.82) is 0 Å². The maximum Gasteiger partial charge on any atom is 0.248 e. The topological polar surface area (TPSA) is 102 Å². The van der Waals surface area contributed by atoms with E-state index in [1.807, 2.05) is 29.6 Å². The van der Waals surface area contributed by atoms with Crippen molar-refractivity contribution in [3.05, 3.63) is 57.0 Å². The van der Waals surface area contributed by atoms with Gasteiger partial charge in [0.25, 0.3) is 0 Å². The van der Waals surface area contributed by atoms with Gasteiger partial charge in [0.15, 0.2) is 0 Å². The van der Waals surface area contributed by atoms with Crippen LogP contribution < -0.4 is 5.73 Å². The van der Waals surface area contributed by atoms with Gasteiger partial charge in [-0.05, 0) is 45.8 Å². The van der Waals surface area contributed by atoms with Gasteiger partial charge in [0.2, 0.25) is 11.8 Å². The zero-order valence-electron chi connectivity index (χ0n) is 17.4. The number of amides is 2. The first-order valence-corrected chi connectivity index (χ1v) is 11.6. The predicted molar refractivity (Wildman–Crippen MR) is 128 cm³/mol. The Morgan fingerprint density at radius 2 is 2.19 bits per heavy atom. The zero-order valence-corrected chi connectivity index (χ0v) is 19.8. The van der Waals surface area contributed by atoms with Crippen LogP contribution in [-0.4, -0.2) is 64.4 Å². The van der Waals surface area contributed by atoms with E-state index in [1.54, 1.807) is 15.9 Å². The second kappa shape index (κ2) is 9.76. The number of carbonyl (C=O) groups is 2. The number of rotatable bonds is 6. The maximum absolute atomic E-state index is 13.2. The molecule has 1 fully saturated rings. The van der Waals surface area contributed by atoms with E-state index in [9.17, 15) is 9.59 Å². The van der Waals surface area contributed by atoms with Crippen molar-refractivity contribution in [3.8, 4) is 0 Å². The number of ether oxygens (including phenoxy) is 1. The molecule has 10 heteroatoms. The van der Waals surface area contributed by atoms with Gasteiger partial charge in [-0.1, -0.05) is 6.07 Å². The molecule has 32 heavy (non-hydrogen) atoms. The van der Waals surface area contributed by atoms with Crippen LogP contribution in [0.5, 0.6) is 0 Å². The predicted octanol–water partition coefficient (Wildman–Crippen LogP) is 2.94. The highest BCUT2D eigenvalue weighted by atomic mass is 79.9. The minimum absolute atomic E-state index is 0.138. The molecule has 1 aliphatic rings. The van der Waals surface area contributed by atoms with Crippen molar-refractivity contribution in [2.75, 3.05) is 32.5 Å². The number of thiophene rings is 1. The number of aromatic nitrogens is 2. The summed E-state index contributed by atoms with van der Waals surface area (Å²) in [5.74, 6) is 0.0799. The van der Waals surface area contributed by atoms with Gasteiger partial charge in [0.1, 0.15) is 18.2 Å². The molecule has 4 rings (SSSR count). The van der Waals surface area contributed by atoms with Crippen molar-refractivity contribution in [3.63, 3.8) is 0 Å². The minimum atomic E-state index is -0.667. The number of halogens is 1. The number of fused-ring (bicyclic) bond motifs is 1. The summed E-state index contributed by atoms with van der Waals surface area (Å²) in [6.45, 7) is 1.42. The van der Waals surface area contributed by atoms with E-state index in [4.69, 9.17) is 10.5 Å². The Bertz CT molecular complexity index is 1180. The number of nitrogens with two attached hydrogens (primary N) is 1. The maximum atomic E-state index is 13.2. The van der Waals surface area contributed by atoms with E-state index in [0.29, 0.717) is 25.5 Å². The molecule has 3 heterocycles. The molecule has 0 aliphatic carbocycles. The van der Waals surface area contributed by atoms with Crippen molar-refractivity contribution >= 4 is 61.9 Å². The third-order valence-electron chi connectivity index (χ3n) is 5.27. The Balaban J connectivity index is 1.48. The Morgan fingerprint density at radius 3 is 2.94 bits per heavy atom. The first-order chi connectivity index (χ1) is 15.5. The molecule has 0 radical (unpaired) electrons. The summed E-state index contributed by atoms with van der Waals surface area (Å²) < 4.78 is 6.24. The SMILES string of the molecule is COCC1C(=O)N(Cc2ccc3c(N)ncnc3c2)CCN1C(=O)/C=C/c1cc(Br)cs1. The molecule has 0 saturated carbocycles. The average Bonchev–Trinajstić information content (AvgIpc) is 3.20. The third kappa shape index (κ3) is 4.82. The van der Waals surface area contributed by atoms with Crippen LogP contribution in [0, 0.1) is 0 Å². The fourth-order valence-corrected chi connectivity index (χ4v) is 5.02. The lowest BCUT2D eigenvalue weighted by Gasteiger charge is -2.40. The first-order valence-electron chi connectivity index (χ1n) is 9.96. The smallest absolute Gasteiger partial charge is 0.248 e. The highest BCUT2D eigenvalue weighted by Gasteiger charge is 2.36. The highest BCUT2D eigenvalue weighted by Crippen LogP contribution is 2.23. The normalized spacial score (nSPS) is 16.9. The van der Waals surface area contributed by atoms with Crippen LogP contribution in [0.15, 0.2) is 46.5 Å². The molecular weight excluding hydrogens is 494 g/mol. The summed E-state index contributed by atoms with van der Waals surface area (Å²) in [6.07, 6.45) is 4.70. The number of hydrogen-bond donors (Lipinski definition) is 1. The van der Waals surface area contributed by atoms with Gasteiger partial charge < -0.3 is 20.3 Å². The Kier molecular flexibility index (Phi) is 6.83. The summed E-state index contributed by atoms with van der Waals surface area (Å²) in [4.78, 5) is 38.6. The summed E-state index contributed by atoms with van der Waals surface area (Å²) in [7, 11) is 1.53. The first kappa shape index (κ1) is 22.4. The summed E-state index contributed by atoms with van der Waals surface area (Å²) in [5, 5.41) is 2.73. The summed E-state index contributed by atoms with van der Waals surface area (Å²) in [6, 6.07) is 6.96. The molecule has 1 aliphatic heterocycles. The molecule has 8 nitrogen and oxygen atoms in total. The number of carbonyl (C=O) groups excluding carboxylic acids is 2. The Morgan fingerprint density at radius 1 is 1.34 bits per heavy atom. The van der Waals surface area contributed by atoms with Crippen LogP contribution in [-0.2, 0) is 20.9 Å². The lowest BCUT2D eigenvalue weighted by molar-refractivity contribution is -0.152. The Labute approximate surface area is 197 Å². The molecule has 0 spiro atoms. The molecule has 166 valence electrons. The molecule has 1 atom stereocenters. The quantitative estimate of drug-likeness (QED) is 0.506. The van der Waals surface area contributed by atoms with Gasteiger partial charge in [-0.3, -0.25) is 9.59 Å². The van der Waals surface area contributed by atoms with Crippen LogP contribution in [0.3, 0.4) is 0 Å². The lowest BCUT2D eigenvalue weighted by Crippen LogP contribution is -2.59. The van der Waals surface area contributed by atoms with Crippen LogP contribution in [0.2, 0.25) is 0 Å². The van der Waals surface area contributed by atoms with Crippen molar-refractivity contribution in [1.82, 2.24) is 19.8 Å². The second-order valence-corrected chi connectivity index (χ2v) is 9.23. The van der Waals surface area contributed by atoms with Gasteiger partial charge in [-0.25, -0.2) is 9.97 Å². The van der Waals surface area contributed by atoms with Gasteiger partial charge in [0.05, 0.1) is 12.1 Å². The fraction of sp³-hybridized carbons (Fsp3) is 0.273. The van der Waals surface area contributed by atoms with E-state index >= 15 is 0 Å². The van der Waals surface area contributed by atoms with Crippen LogP contribution in [0.1, 0.15) is 10.4 Å². The highest BCUT2D eigenvalue weighted by molar-refractivity contribution is 9.10. The molecule has 2 amide bonds. The van der Waals surface area contributed by atoms with E-state index in [0.717, 1.165) is 25.8 Å². The van der Waals surface area contributed by atoms with Gasteiger partial charge in [0, 0.05) is 52.9 Å². The van der Waals surface area contributed by atoms with Gasteiger partial charge >= 0.3 is 0 Å². The van der Waals surface area contributed by atoms with E-state index in [-0.39, 0.29) is 18.4 Å². The molecule has 1 saturated heterocycles. The van der Waals surface area contributed by atoms with Crippen LogP contribution >= 0.6 is 27.3 Å². The summed E-state index contributed by atoms with van der Waals surface area (Å²) >= 11 is 4.94. The molecule has 1 unspecified atom stereocenters. The monoisotopic (exact) mass is 515 g/mol. The zero-order chi connectivity index (χ0) is 22.7. The number of hydrogen-bond acceptors (Lipinski definition) is 7. The summed E-state index contributed by atoms with van der Waals surface area (Å²) in [5.41, 5.74) is 7.56. The third-order valence-corrected chi connectivity index (χ3v) is 6.93. The molecule has 2 aromatic heterocycles. The lowest BCUT2D eigenvalue weighted by atomic mass is 10.1. The number of benzene rings is 1. The number of methoxy groups -OCH3 is 1. The van der Waals surface area contributed by atoms with Crippen LogP contribution in [0.25, 0.3) is 17.0 Å². The van der Waals surface area contributed by atoms with Crippen molar-refractivity contribution in [2.24, 2.45) is 0 Å². The number of piperazine rings is 1. The number of anilines is 1. The van der Waals surface area contributed by atoms with Crippen molar-refractivity contribution in [2.45, 2.75) is 12.6 Å². The molecule has 1 aromatic carbocycles. The van der Waals surface area contributed by atoms with E-state index in [1.165, 1.54) is 30.8 Å². The van der Waals surface area contributed by atoms with Gasteiger partial charge in [-0.2, -0.15) is 0 Å². The average molecular weight is 516 g/mol.